The molecule has 0 saturated carbocycles. The molecule has 22 heavy (non-hydrogen) atoms. The van der Waals surface area contributed by atoms with E-state index >= 15 is 0 Å². The number of nitrogens with one attached hydrogen (secondary N) is 2. The number of hydrogen-bond donors (Lipinski definition) is 2. The number of carbonyl (C=O) groups is 1. The molecule has 1 saturated heterocycles. The molecule has 1 fully saturated rings. The summed E-state index contributed by atoms with van der Waals surface area (Å²) in [4.78, 5) is 12.9. The van der Waals surface area contributed by atoms with Crippen molar-refractivity contribution in [2.75, 3.05) is 0 Å². The highest BCUT2D eigenvalue weighted by Gasteiger charge is 2.53. The van der Waals surface area contributed by atoms with Crippen molar-refractivity contribution in [1.82, 2.24) is 10.6 Å². The van der Waals surface area contributed by atoms with Crippen molar-refractivity contribution in [3.05, 3.63) is 71.8 Å². The second-order valence-corrected chi connectivity index (χ2v) is 5.83. The van der Waals surface area contributed by atoms with Crippen LogP contribution in [0.1, 0.15) is 37.8 Å². The van der Waals surface area contributed by atoms with Gasteiger partial charge in [-0.25, -0.2) is 0 Å². The zero-order chi connectivity index (χ0) is 15.6. The van der Waals surface area contributed by atoms with Gasteiger partial charge in [-0.1, -0.05) is 74.5 Å². The van der Waals surface area contributed by atoms with Crippen LogP contribution in [-0.2, 0) is 16.0 Å². The van der Waals surface area contributed by atoms with Gasteiger partial charge in [-0.15, -0.1) is 0 Å². The Bertz CT molecular complexity index is 656. The third-order valence-electron chi connectivity index (χ3n) is 4.74. The van der Waals surface area contributed by atoms with Crippen LogP contribution in [0.25, 0.3) is 0 Å². The van der Waals surface area contributed by atoms with Gasteiger partial charge >= 0.3 is 0 Å². The van der Waals surface area contributed by atoms with Crippen LogP contribution in [0.5, 0.6) is 0 Å². The predicted molar refractivity (Wildman–Crippen MR) is 88.1 cm³/mol. The van der Waals surface area contributed by atoms with Gasteiger partial charge in [0.1, 0.15) is 11.2 Å². The van der Waals surface area contributed by atoms with Crippen molar-refractivity contribution in [3.63, 3.8) is 0 Å². The molecule has 2 unspecified atom stereocenters. The molecule has 0 aromatic heterocycles. The molecule has 0 bridgehead atoms. The summed E-state index contributed by atoms with van der Waals surface area (Å²) in [7, 11) is 0. The van der Waals surface area contributed by atoms with Crippen LogP contribution < -0.4 is 10.6 Å². The molecule has 0 spiro atoms. The molecule has 1 amide bonds. The molecule has 1 aliphatic rings. The van der Waals surface area contributed by atoms with Crippen LogP contribution in [0.15, 0.2) is 60.7 Å². The summed E-state index contributed by atoms with van der Waals surface area (Å²) in [5.74, 6) is 0.0481. The van der Waals surface area contributed by atoms with Crippen LogP contribution in [0, 0.1) is 0 Å². The van der Waals surface area contributed by atoms with E-state index in [1.165, 1.54) is 0 Å². The van der Waals surface area contributed by atoms with E-state index in [2.05, 4.69) is 36.6 Å². The first-order chi connectivity index (χ1) is 10.7. The molecule has 3 heteroatoms. The quantitative estimate of drug-likeness (QED) is 0.908. The smallest absolute Gasteiger partial charge is 0.246 e. The fourth-order valence-corrected chi connectivity index (χ4v) is 3.38. The van der Waals surface area contributed by atoms with Crippen molar-refractivity contribution in [2.24, 2.45) is 0 Å². The van der Waals surface area contributed by atoms with Crippen LogP contribution in [0.2, 0.25) is 0 Å². The van der Waals surface area contributed by atoms with E-state index in [0.717, 1.165) is 17.5 Å². The second-order valence-electron chi connectivity index (χ2n) is 5.83. The molecule has 2 atom stereocenters. The Hall–Kier alpha value is -2.13. The van der Waals surface area contributed by atoms with Crippen LogP contribution >= 0.6 is 0 Å². The number of hydrogen-bond acceptors (Lipinski definition) is 2. The SMILES string of the molecule is CCC1(c2ccccc2)NC(=O)C(CC)(c2ccccc2)N1. The van der Waals surface area contributed by atoms with E-state index in [1.807, 2.05) is 48.5 Å². The van der Waals surface area contributed by atoms with E-state index in [0.29, 0.717) is 6.42 Å². The lowest BCUT2D eigenvalue weighted by atomic mass is 9.86. The molecule has 1 aliphatic heterocycles. The Morgan fingerprint density at radius 2 is 1.36 bits per heavy atom. The Labute approximate surface area is 131 Å². The van der Waals surface area contributed by atoms with Crippen LogP contribution in [0.4, 0.5) is 0 Å². The van der Waals surface area contributed by atoms with E-state index in [4.69, 9.17) is 0 Å². The van der Waals surface area contributed by atoms with E-state index in [-0.39, 0.29) is 5.91 Å². The van der Waals surface area contributed by atoms with Gasteiger partial charge in [0.15, 0.2) is 0 Å². The first kappa shape index (κ1) is 14.8. The highest BCUT2D eigenvalue weighted by atomic mass is 16.2. The third-order valence-corrected chi connectivity index (χ3v) is 4.74. The molecule has 3 rings (SSSR count). The van der Waals surface area contributed by atoms with Crippen molar-refractivity contribution < 1.29 is 4.79 Å². The molecular formula is C19H22N2O. The standard InChI is InChI=1S/C19H22N2O/c1-3-18(15-11-7-5-8-12-15)17(22)20-19(4-2,21-18)16-13-9-6-10-14-16/h5-14,21H,3-4H2,1-2H3,(H,20,22). The summed E-state index contributed by atoms with van der Waals surface area (Å²) in [6, 6.07) is 20.1. The lowest BCUT2D eigenvalue weighted by molar-refractivity contribution is -0.124. The van der Waals surface area contributed by atoms with Gasteiger partial charge in [0.05, 0.1) is 0 Å². The fourth-order valence-electron chi connectivity index (χ4n) is 3.38. The fraction of sp³-hybridized carbons (Fsp3) is 0.316. The summed E-state index contributed by atoms with van der Waals surface area (Å²) in [6.45, 7) is 4.15. The minimum absolute atomic E-state index is 0.0481. The lowest BCUT2D eigenvalue weighted by Gasteiger charge is -2.33. The summed E-state index contributed by atoms with van der Waals surface area (Å²) >= 11 is 0. The maximum atomic E-state index is 12.9. The molecule has 2 aromatic carbocycles. The second kappa shape index (κ2) is 5.58. The highest BCUT2D eigenvalue weighted by molar-refractivity contribution is 5.91. The molecular weight excluding hydrogens is 272 g/mol. The van der Waals surface area contributed by atoms with Gasteiger partial charge in [-0.05, 0) is 24.0 Å². The maximum Gasteiger partial charge on any atom is 0.246 e. The van der Waals surface area contributed by atoms with E-state index in [1.54, 1.807) is 0 Å². The van der Waals surface area contributed by atoms with Crippen molar-refractivity contribution in [3.8, 4) is 0 Å². The summed E-state index contributed by atoms with van der Waals surface area (Å²) in [6.07, 6.45) is 1.49. The molecule has 2 N–H and O–H groups in total. The maximum absolute atomic E-state index is 12.9. The average Bonchev–Trinajstić information content (AvgIpc) is 2.91. The van der Waals surface area contributed by atoms with Gasteiger partial charge in [0, 0.05) is 0 Å². The minimum atomic E-state index is -0.674. The van der Waals surface area contributed by atoms with Crippen LogP contribution in [0.3, 0.4) is 0 Å². The van der Waals surface area contributed by atoms with Crippen LogP contribution in [-0.4, -0.2) is 5.91 Å². The van der Waals surface area contributed by atoms with Gasteiger partial charge in [-0.2, -0.15) is 0 Å². The number of carbonyl (C=O) groups excluding carboxylic acids is 1. The molecule has 0 radical (unpaired) electrons. The minimum Gasteiger partial charge on any atom is -0.332 e. The summed E-state index contributed by atoms with van der Waals surface area (Å²) in [5.41, 5.74) is 0.926. The highest BCUT2D eigenvalue weighted by Crippen LogP contribution is 2.38. The monoisotopic (exact) mass is 294 g/mol. The zero-order valence-corrected chi connectivity index (χ0v) is 13.1. The van der Waals surface area contributed by atoms with Gasteiger partial charge in [0.2, 0.25) is 5.91 Å². The number of benzene rings is 2. The van der Waals surface area contributed by atoms with Crippen molar-refractivity contribution in [1.29, 1.82) is 0 Å². The number of rotatable bonds is 4. The van der Waals surface area contributed by atoms with Crippen molar-refractivity contribution in [2.45, 2.75) is 37.9 Å². The Kier molecular flexibility index (Phi) is 3.75. The Balaban J connectivity index is 2.08. The predicted octanol–water partition coefficient (Wildman–Crippen LogP) is 3.27. The van der Waals surface area contributed by atoms with Gasteiger partial charge in [0.25, 0.3) is 0 Å². The van der Waals surface area contributed by atoms with Crippen molar-refractivity contribution >= 4 is 5.91 Å². The average molecular weight is 294 g/mol. The molecule has 1 heterocycles. The lowest BCUT2D eigenvalue weighted by Crippen LogP contribution is -2.49. The van der Waals surface area contributed by atoms with E-state index < -0.39 is 11.2 Å². The normalized spacial score (nSPS) is 27.6. The van der Waals surface area contributed by atoms with Gasteiger partial charge in [-0.3, -0.25) is 10.1 Å². The molecule has 0 aliphatic carbocycles. The summed E-state index contributed by atoms with van der Waals surface area (Å²) in [5, 5.41) is 6.86. The van der Waals surface area contributed by atoms with Gasteiger partial charge < -0.3 is 5.32 Å². The molecule has 2 aromatic rings. The Morgan fingerprint density at radius 1 is 0.818 bits per heavy atom. The molecule has 3 nitrogen and oxygen atoms in total. The largest absolute Gasteiger partial charge is 0.332 e. The Morgan fingerprint density at radius 3 is 1.86 bits per heavy atom. The third kappa shape index (κ3) is 2.13. The summed E-state index contributed by atoms with van der Waals surface area (Å²) < 4.78 is 0. The van der Waals surface area contributed by atoms with E-state index in [9.17, 15) is 4.79 Å². The zero-order valence-electron chi connectivity index (χ0n) is 13.1. The number of amides is 1. The first-order valence-electron chi connectivity index (χ1n) is 7.90. The topological polar surface area (TPSA) is 41.1 Å². The first-order valence-corrected chi connectivity index (χ1v) is 7.90. The molecule has 114 valence electrons.